The fraction of sp³-hybridized carbons (Fsp3) is 0.647. The Morgan fingerprint density at radius 1 is 1.16 bits per heavy atom. The molecule has 25 heavy (non-hydrogen) atoms. The van der Waals surface area contributed by atoms with Crippen LogP contribution in [0.5, 0.6) is 0 Å². The molecule has 5 N–H and O–H groups in total. The van der Waals surface area contributed by atoms with Gasteiger partial charge < -0.3 is 21.4 Å². The first-order valence-corrected chi connectivity index (χ1v) is 9.21. The van der Waals surface area contributed by atoms with E-state index in [0.29, 0.717) is 24.5 Å². The number of anilines is 2. The van der Waals surface area contributed by atoms with E-state index in [9.17, 15) is 0 Å². The van der Waals surface area contributed by atoms with Crippen molar-refractivity contribution in [2.75, 3.05) is 11.1 Å². The van der Waals surface area contributed by atoms with Gasteiger partial charge in [0.1, 0.15) is 12.1 Å². The van der Waals surface area contributed by atoms with Crippen molar-refractivity contribution >= 4 is 11.8 Å². The van der Waals surface area contributed by atoms with Gasteiger partial charge in [0.15, 0.2) is 5.82 Å². The lowest BCUT2D eigenvalue weighted by Gasteiger charge is -2.32. The van der Waals surface area contributed by atoms with Gasteiger partial charge in [0.05, 0.1) is 12.2 Å². The molecule has 4 rings (SSSR count). The van der Waals surface area contributed by atoms with Gasteiger partial charge in [0.25, 0.3) is 0 Å². The van der Waals surface area contributed by atoms with E-state index >= 15 is 0 Å². The molecule has 0 aromatic carbocycles. The zero-order valence-electron chi connectivity index (χ0n) is 14.4. The number of rotatable bonds is 5. The van der Waals surface area contributed by atoms with Gasteiger partial charge >= 0.3 is 0 Å². The van der Waals surface area contributed by atoms with Gasteiger partial charge in [-0.05, 0) is 25.7 Å². The van der Waals surface area contributed by atoms with Crippen molar-refractivity contribution in [1.82, 2.24) is 24.7 Å². The number of nitrogens with two attached hydrogens (primary N) is 2. The monoisotopic (exact) mass is 342 g/mol. The third-order valence-electron chi connectivity index (χ3n) is 5.40. The maximum absolute atomic E-state index is 5.88. The fourth-order valence-corrected chi connectivity index (χ4v) is 3.92. The van der Waals surface area contributed by atoms with Gasteiger partial charge in [-0.2, -0.15) is 4.98 Å². The largest absolute Gasteiger partial charge is 0.368 e. The first-order chi connectivity index (χ1) is 12.2. The van der Waals surface area contributed by atoms with Gasteiger partial charge in [-0.15, -0.1) is 10.2 Å². The van der Waals surface area contributed by atoms with E-state index in [2.05, 4.69) is 30.0 Å². The molecule has 134 valence electrons. The topological polar surface area (TPSA) is 121 Å². The van der Waals surface area contributed by atoms with Crippen LogP contribution in [-0.4, -0.2) is 30.8 Å². The standard InChI is InChI=1S/C17H26N8/c18-12-6-11(7-12)14-8-15(23-17(19)22-14)20-9-16-24-21-10-25(16)13-4-2-1-3-5-13/h8,10-13H,1-7,9,18H2,(H3,19,20,22,23). The number of nitrogens with one attached hydrogen (secondary N) is 1. The second-order valence-corrected chi connectivity index (χ2v) is 7.26. The van der Waals surface area contributed by atoms with E-state index in [0.717, 1.165) is 30.2 Å². The van der Waals surface area contributed by atoms with Crippen LogP contribution in [0.4, 0.5) is 11.8 Å². The number of hydrogen-bond donors (Lipinski definition) is 3. The molecule has 8 nitrogen and oxygen atoms in total. The van der Waals surface area contributed by atoms with Crippen molar-refractivity contribution in [2.24, 2.45) is 5.73 Å². The summed E-state index contributed by atoms with van der Waals surface area (Å²) in [6.07, 6.45) is 10.1. The van der Waals surface area contributed by atoms with Crippen LogP contribution < -0.4 is 16.8 Å². The van der Waals surface area contributed by atoms with Crippen LogP contribution in [-0.2, 0) is 6.54 Å². The van der Waals surface area contributed by atoms with Crippen molar-refractivity contribution in [3.05, 3.63) is 23.9 Å². The molecule has 8 heteroatoms. The van der Waals surface area contributed by atoms with Crippen molar-refractivity contribution in [1.29, 1.82) is 0 Å². The molecule has 2 heterocycles. The zero-order chi connectivity index (χ0) is 17.2. The maximum atomic E-state index is 5.88. The number of hydrogen-bond acceptors (Lipinski definition) is 7. The number of nitrogen functional groups attached to an aromatic ring is 1. The zero-order valence-corrected chi connectivity index (χ0v) is 14.4. The summed E-state index contributed by atoms with van der Waals surface area (Å²) >= 11 is 0. The maximum Gasteiger partial charge on any atom is 0.222 e. The van der Waals surface area contributed by atoms with Gasteiger partial charge in [-0.25, -0.2) is 4.98 Å². The molecule has 0 bridgehead atoms. The van der Waals surface area contributed by atoms with Crippen LogP contribution in [0.15, 0.2) is 12.4 Å². The summed E-state index contributed by atoms with van der Waals surface area (Å²) in [7, 11) is 0. The number of nitrogens with zero attached hydrogens (tertiary/aromatic N) is 5. The molecule has 0 atom stereocenters. The highest BCUT2D eigenvalue weighted by Gasteiger charge is 2.29. The lowest BCUT2D eigenvalue weighted by molar-refractivity contribution is 0.345. The molecule has 2 aliphatic carbocycles. The number of aromatic nitrogens is 5. The Morgan fingerprint density at radius 2 is 1.96 bits per heavy atom. The van der Waals surface area contributed by atoms with Crippen LogP contribution in [0.1, 0.15) is 68.4 Å². The molecule has 0 radical (unpaired) electrons. The molecule has 0 spiro atoms. The van der Waals surface area contributed by atoms with Crippen LogP contribution >= 0.6 is 0 Å². The summed E-state index contributed by atoms with van der Waals surface area (Å²) < 4.78 is 2.21. The quantitative estimate of drug-likeness (QED) is 0.759. The van der Waals surface area contributed by atoms with E-state index in [1.165, 1.54) is 32.1 Å². The Bertz CT molecular complexity index is 715. The van der Waals surface area contributed by atoms with Gasteiger partial charge in [-0.3, -0.25) is 0 Å². The first-order valence-electron chi connectivity index (χ1n) is 9.21. The Balaban J connectivity index is 1.44. The highest BCUT2D eigenvalue weighted by molar-refractivity contribution is 5.42. The second-order valence-electron chi connectivity index (χ2n) is 7.26. The van der Waals surface area contributed by atoms with Crippen LogP contribution in [0, 0.1) is 0 Å². The van der Waals surface area contributed by atoms with Crippen molar-refractivity contribution in [3.8, 4) is 0 Å². The molecule has 2 fully saturated rings. The molecule has 2 aliphatic rings. The van der Waals surface area contributed by atoms with E-state index in [-0.39, 0.29) is 6.04 Å². The lowest BCUT2D eigenvalue weighted by Crippen LogP contribution is -2.35. The summed E-state index contributed by atoms with van der Waals surface area (Å²) in [6, 6.07) is 2.78. The third kappa shape index (κ3) is 3.58. The Labute approximate surface area is 147 Å². The first kappa shape index (κ1) is 16.3. The normalized spacial score (nSPS) is 24.0. The summed E-state index contributed by atoms with van der Waals surface area (Å²) in [5.41, 5.74) is 12.7. The van der Waals surface area contributed by atoms with Gasteiger partial charge in [-0.1, -0.05) is 19.3 Å². The molecule has 0 aliphatic heterocycles. The molecule has 2 aromatic heterocycles. The minimum absolute atomic E-state index is 0.284. The van der Waals surface area contributed by atoms with E-state index in [1.807, 2.05) is 12.4 Å². The molecular formula is C17H26N8. The van der Waals surface area contributed by atoms with E-state index in [1.54, 1.807) is 0 Å². The van der Waals surface area contributed by atoms with Crippen LogP contribution in [0.3, 0.4) is 0 Å². The molecule has 2 aromatic rings. The minimum Gasteiger partial charge on any atom is -0.368 e. The fourth-order valence-electron chi connectivity index (χ4n) is 3.92. The smallest absolute Gasteiger partial charge is 0.222 e. The summed E-state index contributed by atoms with van der Waals surface area (Å²) in [4.78, 5) is 8.67. The average molecular weight is 342 g/mol. The summed E-state index contributed by atoms with van der Waals surface area (Å²) in [5.74, 6) is 2.37. The highest BCUT2D eigenvalue weighted by Crippen LogP contribution is 2.35. The summed E-state index contributed by atoms with van der Waals surface area (Å²) in [6.45, 7) is 0.580. The SMILES string of the molecule is Nc1nc(NCc2nncn2C2CCCCC2)cc(C2CC(N)C2)n1. The van der Waals surface area contributed by atoms with Crippen LogP contribution in [0.2, 0.25) is 0 Å². The summed E-state index contributed by atoms with van der Waals surface area (Å²) in [5, 5.41) is 11.7. The Hall–Kier alpha value is -2.22. The molecule has 0 amide bonds. The minimum atomic E-state index is 0.284. The molecule has 2 saturated carbocycles. The Morgan fingerprint density at radius 3 is 2.72 bits per heavy atom. The molecule has 0 saturated heterocycles. The molecular weight excluding hydrogens is 316 g/mol. The van der Waals surface area contributed by atoms with Crippen molar-refractivity contribution < 1.29 is 0 Å². The highest BCUT2D eigenvalue weighted by atomic mass is 15.3. The van der Waals surface area contributed by atoms with Gasteiger partial charge in [0.2, 0.25) is 5.95 Å². The predicted molar refractivity (Wildman–Crippen MR) is 95.9 cm³/mol. The van der Waals surface area contributed by atoms with Crippen molar-refractivity contribution in [2.45, 2.75) is 69.5 Å². The Kier molecular flexibility index (Phi) is 4.52. The average Bonchev–Trinajstić information content (AvgIpc) is 3.06. The molecule has 0 unspecified atom stereocenters. The van der Waals surface area contributed by atoms with E-state index in [4.69, 9.17) is 11.5 Å². The lowest BCUT2D eigenvalue weighted by atomic mass is 9.78. The predicted octanol–water partition coefficient (Wildman–Crippen LogP) is 1.97. The second kappa shape index (κ2) is 6.95. The third-order valence-corrected chi connectivity index (χ3v) is 5.40. The van der Waals surface area contributed by atoms with Crippen molar-refractivity contribution in [3.63, 3.8) is 0 Å². The van der Waals surface area contributed by atoms with Gasteiger partial charge in [0, 0.05) is 24.1 Å². The van der Waals surface area contributed by atoms with E-state index < -0.39 is 0 Å². The van der Waals surface area contributed by atoms with Crippen LogP contribution in [0.25, 0.3) is 0 Å².